The van der Waals surface area contributed by atoms with E-state index in [2.05, 4.69) is 22.2 Å². The van der Waals surface area contributed by atoms with Gasteiger partial charge in [0, 0.05) is 31.1 Å². The molecule has 1 aromatic heterocycles. The lowest BCUT2D eigenvalue weighted by Gasteiger charge is -2.31. The fraction of sp³-hybridized carbons (Fsp3) is 0.500. The number of amides is 2. The molecule has 194 valence electrons. The second kappa shape index (κ2) is 14.0. The van der Waals surface area contributed by atoms with E-state index in [0.29, 0.717) is 17.1 Å². The predicted octanol–water partition coefficient (Wildman–Crippen LogP) is -0.777. The molecule has 2 heterocycles. The number of primary amides is 1. The van der Waals surface area contributed by atoms with Gasteiger partial charge in [-0.25, -0.2) is 19.2 Å². The SMILES string of the molecule is CN1CCN(CC(=O)Nc2sc3c(c2C(N)=O)CCCC3)CC1.O=C(O)C(=O)O.O=C(O)C(=O)O. The molecule has 3 rings (SSSR count). The summed E-state index contributed by atoms with van der Waals surface area (Å²) in [4.78, 5) is 66.2. The van der Waals surface area contributed by atoms with Crippen LogP contribution in [0.2, 0.25) is 0 Å². The standard InChI is InChI=1S/C16H24N4O2S.2C2H2O4/c1-19-6-8-20(9-7-19)10-13(21)18-16-14(15(17)22)11-4-2-3-5-12(11)23-16;2*3-1(4)2(5)6/h2-10H2,1H3,(H2,17,22)(H,18,21);2*(H,3,4)(H,5,6). The van der Waals surface area contributed by atoms with Crippen LogP contribution in [0.3, 0.4) is 0 Å². The van der Waals surface area contributed by atoms with Gasteiger partial charge in [0.2, 0.25) is 5.91 Å². The van der Waals surface area contributed by atoms with Gasteiger partial charge >= 0.3 is 23.9 Å². The van der Waals surface area contributed by atoms with Crippen LogP contribution < -0.4 is 11.1 Å². The van der Waals surface area contributed by atoms with Crippen LogP contribution in [0.25, 0.3) is 0 Å². The molecule has 1 fully saturated rings. The topological polar surface area (TPSA) is 228 Å². The third-order valence-corrected chi connectivity index (χ3v) is 6.21. The van der Waals surface area contributed by atoms with Crippen molar-refractivity contribution in [3.8, 4) is 0 Å². The van der Waals surface area contributed by atoms with Crippen LogP contribution >= 0.6 is 11.3 Å². The van der Waals surface area contributed by atoms with E-state index in [9.17, 15) is 9.59 Å². The molecular formula is C20H28N4O10S. The lowest BCUT2D eigenvalue weighted by atomic mass is 9.95. The van der Waals surface area contributed by atoms with Crippen molar-refractivity contribution in [1.29, 1.82) is 0 Å². The molecule has 1 aliphatic heterocycles. The number of thiophene rings is 1. The van der Waals surface area contributed by atoms with Gasteiger partial charge in [-0.1, -0.05) is 0 Å². The number of aliphatic carboxylic acids is 4. The van der Waals surface area contributed by atoms with E-state index < -0.39 is 29.8 Å². The molecule has 1 saturated heterocycles. The van der Waals surface area contributed by atoms with Gasteiger partial charge in [0.1, 0.15) is 5.00 Å². The highest BCUT2D eigenvalue weighted by molar-refractivity contribution is 7.17. The highest BCUT2D eigenvalue weighted by Crippen LogP contribution is 2.37. The fourth-order valence-electron chi connectivity index (χ4n) is 3.29. The highest BCUT2D eigenvalue weighted by Gasteiger charge is 2.25. The maximum absolute atomic E-state index is 12.3. The number of fused-ring (bicyclic) bond motifs is 1. The summed E-state index contributed by atoms with van der Waals surface area (Å²) in [7, 11) is 2.09. The number of carbonyl (C=O) groups is 6. The minimum atomic E-state index is -1.82. The highest BCUT2D eigenvalue weighted by atomic mass is 32.1. The summed E-state index contributed by atoms with van der Waals surface area (Å²) in [5, 5.41) is 33.1. The van der Waals surface area contributed by atoms with E-state index in [1.807, 2.05) is 0 Å². The molecule has 0 atom stereocenters. The van der Waals surface area contributed by atoms with Gasteiger partial charge in [0.05, 0.1) is 12.1 Å². The Kier molecular flexibility index (Phi) is 11.8. The van der Waals surface area contributed by atoms with Gasteiger partial charge < -0.3 is 36.4 Å². The first-order chi connectivity index (χ1) is 16.3. The first-order valence-electron chi connectivity index (χ1n) is 10.4. The van der Waals surface area contributed by atoms with E-state index in [1.165, 1.54) is 16.2 Å². The number of carboxylic acids is 4. The number of piperazine rings is 1. The average Bonchev–Trinajstić information content (AvgIpc) is 3.14. The van der Waals surface area contributed by atoms with Crippen molar-refractivity contribution >= 4 is 52.0 Å². The van der Waals surface area contributed by atoms with Crippen LogP contribution in [-0.4, -0.2) is 106 Å². The molecule has 2 amide bonds. The molecule has 0 bridgehead atoms. The summed E-state index contributed by atoms with van der Waals surface area (Å²) in [6.07, 6.45) is 4.09. The molecule has 1 aromatic rings. The van der Waals surface area contributed by atoms with Crippen molar-refractivity contribution in [3.05, 3.63) is 16.0 Å². The van der Waals surface area contributed by atoms with Gasteiger partial charge in [0.15, 0.2) is 0 Å². The number of hydrogen-bond acceptors (Lipinski definition) is 9. The zero-order valence-corrected chi connectivity index (χ0v) is 19.8. The Morgan fingerprint density at radius 2 is 1.34 bits per heavy atom. The molecule has 2 aliphatic rings. The minimum Gasteiger partial charge on any atom is -0.473 e. The van der Waals surface area contributed by atoms with E-state index >= 15 is 0 Å². The van der Waals surface area contributed by atoms with Crippen molar-refractivity contribution < 1.29 is 49.2 Å². The van der Waals surface area contributed by atoms with Crippen molar-refractivity contribution in [2.75, 3.05) is 45.1 Å². The first kappa shape index (κ1) is 29.5. The molecule has 35 heavy (non-hydrogen) atoms. The third kappa shape index (κ3) is 10.1. The normalized spacial score (nSPS) is 15.2. The molecule has 1 aliphatic carbocycles. The smallest absolute Gasteiger partial charge is 0.414 e. The first-order valence-corrected chi connectivity index (χ1v) is 11.2. The van der Waals surface area contributed by atoms with Gasteiger partial charge in [-0.05, 0) is 38.3 Å². The summed E-state index contributed by atoms with van der Waals surface area (Å²) in [5.74, 6) is -7.79. The number of carboxylic acid groups (broad SMARTS) is 4. The van der Waals surface area contributed by atoms with Crippen LogP contribution in [0.5, 0.6) is 0 Å². The Hall–Kier alpha value is -3.56. The Bertz CT molecular complexity index is 921. The Labute approximate surface area is 203 Å². The maximum Gasteiger partial charge on any atom is 0.414 e. The molecule has 0 saturated carbocycles. The van der Waals surface area contributed by atoms with E-state index in [1.54, 1.807) is 0 Å². The van der Waals surface area contributed by atoms with Crippen molar-refractivity contribution in [3.63, 3.8) is 0 Å². The number of rotatable bonds is 4. The van der Waals surface area contributed by atoms with Crippen LogP contribution in [0, 0.1) is 0 Å². The number of aryl methyl sites for hydroxylation is 1. The van der Waals surface area contributed by atoms with Gasteiger partial charge in [-0.3, -0.25) is 14.5 Å². The summed E-state index contributed by atoms with van der Waals surface area (Å²) < 4.78 is 0. The van der Waals surface area contributed by atoms with Gasteiger partial charge in [-0.15, -0.1) is 11.3 Å². The quantitative estimate of drug-likeness (QED) is 0.271. The van der Waals surface area contributed by atoms with Crippen LogP contribution in [0.15, 0.2) is 0 Å². The number of nitrogens with zero attached hydrogens (tertiary/aromatic N) is 2. The Morgan fingerprint density at radius 3 is 1.80 bits per heavy atom. The summed E-state index contributed by atoms with van der Waals surface area (Å²) in [5.41, 5.74) is 7.16. The van der Waals surface area contributed by atoms with Crippen molar-refractivity contribution in [1.82, 2.24) is 9.80 Å². The maximum atomic E-state index is 12.3. The minimum absolute atomic E-state index is 0.0596. The molecule has 15 heteroatoms. The molecule has 0 unspecified atom stereocenters. The molecule has 14 nitrogen and oxygen atoms in total. The largest absolute Gasteiger partial charge is 0.473 e. The van der Waals surface area contributed by atoms with E-state index in [0.717, 1.165) is 57.4 Å². The molecule has 7 N–H and O–H groups in total. The van der Waals surface area contributed by atoms with Crippen LogP contribution in [-0.2, 0) is 36.8 Å². The third-order valence-electron chi connectivity index (χ3n) is 5.00. The second-order valence-corrected chi connectivity index (χ2v) is 8.73. The predicted molar refractivity (Wildman–Crippen MR) is 123 cm³/mol. The monoisotopic (exact) mass is 516 g/mol. The number of carbonyl (C=O) groups excluding carboxylic acids is 2. The molecule has 0 radical (unpaired) electrons. The zero-order chi connectivity index (χ0) is 26.7. The second-order valence-electron chi connectivity index (χ2n) is 7.63. The van der Waals surface area contributed by atoms with E-state index in [4.69, 9.17) is 45.3 Å². The van der Waals surface area contributed by atoms with Crippen molar-refractivity contribution in [2.45, 2.75) is 25.7 Å². The number of likely N-dealkylation sites (N-methyl/N-ethyl adjacent to an activating group) is 1. The summed E-state index contributed by atoms with van der Waals surface area (Å²) >= 11 is 1.52. The van der Waals surface area contributed by atoms with Crippen LogP contribution in [0.4, 0.5) is 5.00 Å². The summed E-state index contributed by atoms with van der Waals surface area (Å²) in [6, 6.07) is 0. The average molecular weight is 517 g/mol. The summed E-state index contributed by atoms with van der Waals surface area (Å²) in [6.45, 7) is 4.12. The Balaban J connectivity index is 0.000000425. The number of nitrogens with one attached hydrogen (secondary N) is 1. The van der Waals surface area contributed by atoms with Gasteiger partial charge in [0.25, 0.3) is 5.91 Å². The lowest BCUT2D eigenvalue weighted by molar-refractivity contribution is -0.159. The van der Waals surface area contributed by atoms with Crippen molar-refractivity contribution in [2.24, 2.45) is 5.73 Å². The van der Waals surface area contributed by atoms with E-state index in [-0.39, 0.29) is 5.91 Å². The number of anilines is 1. The number of nitrogens with two attached hydrogens (primary N) is 1. The van der Waals surface area contributed by atoms with Gasteiger partial charge in [-0.2, -0.15) is 0 Å². The lowest BCUT2D eigenvalue weighted by Crippen LogP contribution is -2.47. The van der Waals surface area contributed by atoms with Crippen LogP contribution in [0.1, 0.15) is 33.6 Å². The molecular weight excluding hydrogens is 488 g/mol. The molecule has 0 aromatic carbocycles. The number of hydrogen-bond donors (Lipinski definition) is 6. The molecule has 0 spiro atoms. The fourth-order valence-corrected chi connectivity index (χ4v) is 4.60. The zero-order valence-electron chi connectivity index (χ0n) is 19.0. The Morgan fingerprint density at radius 1 is 0.857 bits per heavy atom.